The molecule has 1 aliphatic heterocycles. The van der Waals surface area contributed by atoms with Crippen LogP contribution >= 0.6 is 0 Å². The zero-order valence-corrected chi connectivity index (χ0v) is 8.28. The van der Waals surface area contributed by atoms with Gasteiger partial charge in [0.05, 0.1) is 25.9 Å². The lowest BCUT2D eigenvalue weighted by atomic mass is 10.1. The molecule has 0 N–H and O–H groups in total. The molecule has 0 bridgehead atoms. The van der Waals surface area contributed by atoms with Gasteiger partial charge in [-0.3, -0.25) is 9.69 Å². The molecule has 1 rings (SSSR count). The van der Waals surface area contributed by atoms with E-state index >= 15 is 0 Å². The van der Waals surface area contributed by atoms with Crippen LogP contribution in [-0.2, 0) is 14.3 Å². The number of hydrogen-bond donors (Lipinski definition) is 0. The van der Waals surface area contributed by atoms with Gasteiger partial charge in [-0.05, 0) is 20.4 Å². The molecule has 1 unspecified atom stereocenters. The first-order valence-electron chi connectivity index (χ1n) is 4.67. The molecule has 1 aliphatic rings. The van der Waals surface area contributed by atoms with Crippen molar-refractivity contribution in [3.05, 3.63) is 0 Å². The highest BCUT2D eigenvalue weighted by Gasteiger charge is 2.22. The highest BCUT2D eigenvalue weighted by Crippen LogP contribution is 2.11. The fourth-order valence-corrected chi connectivity index (χ4v) is 1.32. The first-order valence-corrected chi connectivity index (χ1v) is 4.67. The molecule has 1 saturated heterocycles. The zero-order valence-electron chi connectivity index (χ0n) is 8.28. The second-order valence-corrected chi connectivity index (χ2v) is 3.32. The Kier molecular flexibility index (Phi) is 4.18. The van der Waals surface area contributed by atoms with Crippen molar-refractivity contribution in [2.45, 2.75) is 13.3 Å². The highest BCUT2D eigenvalue weighted by molar-refractivity contribution is 5.72. The smallest absolute Gasteiger partial charge is 0.311 e. The molecule has 4 nitrogen and oxygen atoms in total. The predicted molar refractivity (Wildman–Crippen MR) is 48.2 cm³/mol. The minimum Gasteiger partial charge on any atom is -0.466 e. The van der Waals surface area contributed by atoms with Gasteiger partial charge >= 0.3 is 5.97 Å². The third-order valence-electron chi connectivity index (χ3n) is 2.11. The number of ether oxygens (including phenoxy) is 2. The Labute approximate surface area is 78.8 Å². The van der Waals surface area contributed by atoms with Crippen LogP contribution in [0.1, 0.15) is 13.3 Å². The molecule has 1 heterocycles. The van der Waals surface area contributed by atoms with Crippen molar-refractivity contribution >= 4 is 5.97 Å². The van der Waals surface area contributed by atoms with E-state index in [1.807, 2.05) is 14.0 Å². The average Bonchev–Trinajstić information content (AvgIpc) is 2.30. The van der Waals surface area contributed by atoms with Crippen LogP contribution in [0.5, 0.6) is 0 Å². The fourth-order valence-electron chi connectivity index (χ4n) is 1.32. The summed E-state index contributed by atoms with van der Waals surface area (Å²) in [4.78, 5) is 13.4. The Bertz CT molecular complexity index is 172. The standard InChI is InChI=1S/C9H17NO3/c1-3-13-9(11)8-4-5-10(2)7-12-6-8/h8H,3-7H2,1-2H3. The third kappa shape index (κ3) is 3.32. The van der Waals surface area contributed by atoms with E-state index in [-0.39, 0.29) is 11.9 Å². The lowest BCUT2D eigenvalue weighted by Crippen LogP contribution is -2.22. The quantitative estimate of drug-likeness (QED) is 0.589. The maximum atomic E-state index is 11.3. The van der Waals surface area contributed by atoms with Crippen molar-refractivity contribution in [2.75, 3.05) is 33.5 Å². The van der Waals surface area contributed by atoms with Crippen molar-refractivity contribution in [3.63, 3.8) is 0 Å². The molecular formula is C9H17NO3. The van der Waals surface area contributed by atoms with Gasteiger partial charge in [-0.1, -0.05) is 0 Å². The van der Waals surface area contributed by atoms with E-state index in [2.05, 4.69) is 4.90 Å². The van der Waals surface area contributed by atoms with Crippen LogP contribution in [0.25, 0.3) is 0 Å². The summed E-state index contributed by atoms with van der Waals surface area (Å²) in [6.07, 6.45) is 0.829. The molecule has 0 amide bonds. The first kappa shape index (κ1) is 10.5. The molecule has 1 fully saturated rings. The Morgan fingerprint density at radius 1 is 1.69 bits per heavy atom. The first-order chi connectivity index (χ1) is 6.24. The number of rotatable bonds is 2. The topological polar surface area (TPSA) is 38.8 Å². The summed E-state index contributed by atoms with van der Waals surface area (Å²) in [5, 5.41) is 0. The largest absolute Gasteiger partial charge is 0.466 e. The van der Waals surface area contributed by atoms with Crippen LogP contribution in [0.3, 0.4) is 0 Å². The van der Waals surface area contributed by atoms with Gasteiger partial charge in [-0.2, -0.15) is 0 Å². The second kappa shape index (κ2) is 5.19. The van der Waals surface area contributed by atoms with Crippen LogP contribution in [-0.4, -0.2) is 44.4 Å². The molecule has 4 heteroatoms. The van der Waals surface area contributed by atoms with Crippen molar-refractivity contribution in [1.82, 2.24) is 4.90 Å². The Balaban J connectivity index is 2.37. The number of nitrogens with zero attached hydrogens (tertiary/aromatic N) is 1. The number of carbonyl (C=O) groups excluding carboxylic acids is 1. The molecule has 1 atom stereocenters. The molecule has 0 aliphatic carbocycles. The SMILES string of the molecule is CCOC(=O)C1CCN(C)COC1. The Morgan fingerprint density at radius 3 is 3.15 bits per heavy atom. The summed E-state index contributed by atoms with van der Waals surface area (Å²) in [5.74, 6) is -0.206. The number of hydrogen-bond acceptors (Lipinski definition) is 4. The fraction of sp³-hybridized carbons (Fsp3) is 0.889. The lowest BCUT2D eigenvalue weighted by molar-refractivity contribution is -0.149. The van der Waals surface area contributed by atoms with Gasteiger partial charge in [0.1, 0.15) is 0 Å². The monoisotopic (exact) mass is 187 g/mol. The van der Waals surface area contributed by atoms with Gasteiger partial charge in [0.25, 0.3) is 0 Å². The zero-order chi connectivity index (χ0) is 9.68. The summed E-state index contributed by atoms with van der Waals surface area (Å²) in [6.45, 7) is 4.26. The molecular weight excluding hydrogens is 170 g/mol. The van der Waals surface area contributed by atoms with Gasteiger partial charge < -0.3 is 9.47 Å². The van der Waals surface area contributed by atoms with Crippen molar-refractivity contribution in [2.24, 2.45) is 5.92 Å². The lowest BCUT2D eigenvalue weighted by Gasteiger charge is -2.11. The van der Waals surface area contributed by atoms with E-state index in [4.69, 9.17) is 9.47 Å². The second-order valence-electron chi connectivity index (χ2n) is 3.32. The molecule has 0 radical (unpaired) electrons. The van der Waals surface area contributed by atoms with E-state index < -0.39 is 0 Å². The molecule has 0 aromatic heterocycles. The number of carbonyl (C=O) groups is 1. The average molecular weight is 187 g/mol. The van der Waals surface area contributed by atoms with Crippen LogP contribution in [0.4, 0.5) is 0 Å². The minimum atomic E-state index is -0.127. The predicted octanol–water partition coefficient (Wildman–Crippen LogP) is 0.475. The molecule has 0 saturated carbocycles. The van der Waals surface area contributed by atoms with E-state index in [1.54, 1.807) is 0 Å². The normalized spacial score (nSPS) is 25.2. The summed E-state index contributed by atoms with van der Waals surface area (Å²) >= 11 is 0. The molecule has 0 spiro atoms. The van der Waals surface area contributed by atoms with Crippen LogP contribution in [0, 0.1) is 5.92 Å². The summed E-state index contributed by atoms with van der Waals surface area (Å²) < 4.78 is 10.2. The summed E-state index contributed by atoms with van der Waals surface area (Å²) in [6, 6.07) is 0. The van der Waals surface area contributed by atoms with Crippen molar-refractivity contribution < 1.29 is 14.3 Å². The van der Waals surface area contributed by atoms with Gasteiger partial charge in [0.15, 0.2) is 0 Å². The number of esters is 1. The minimum absolute atomic E-state index is 0.0788. The highest BCUT2D eigenvalue weighted by atomic mass is 16.5. The van der Waals surface area contributed by atoms with Gasteiger partial charge in [0.2, 0.25) is 0 Å². The van der Waals surface area contributed by atoms with Gasteiger partial charge in [-0.15, -0.1) is 0 Å². The van der Waals surface area contributed by atoms with Gasteiger partial charge in [0, 0.05) is 6.54 Å². The van der Waals surface area contributed by atoms with Crippen molar-refractivity contribution in [1.29, 1.82) is 0 Å². The Morgan fingerprint density at radius 2 is 2.46 bits per heavy atom. The third-order valence-corrected chi connectivity index (χ3v) is 2.11. The summed E-state index contributed by atoms with van der Waals surface area (Å²) in [5.41, 5.74) is 0. The molecule has 76 valence electrons. The molecule has 0 aromatic rings. The van der Waals surface area contributed by atoms with Crippen LogP contribution in [0.15, 0.2) is 0 Å². The maximum absolute atomic E-state index is 11.3. The van der Waals surface area contributed by atoms with E-state index in [9.17, 15) is 4.79 Å². The maximum Gasteiger partial charge on any atom is 0.311 e. The summed E-state index contributed by atoms with van der Waals surface area (Å²) in [7, 11) is 1.98. The Hall–Kier alpha value is -0.610. The van der Waals surface area contributed by atoms with E-state index in [1.165, 1.54) is 0 Å². The van der Waals surface area contributed by atoms with E-state index in [0.717, 1.165) is 13.0 Å². The van der Waals surface area contributed by atoms with Crippen molar-refractivity contribution in [3.8, 4) is 0 Å². The van der Waals surface area contributed by atoms with E-state index in [0.29, 0.717) is 19.9 Å². The molecule has 13 heavy (non-hydrogen) atoms. The van der Waals surface area contributed by atoms with Crippen LogP contribution < -0.4 is 0 Å². The molecule has 0 aromatic carbocycles. The van der Waals surface area contributed by atoms with Gasteiger partial charge in [-0.25, -0.2) is 0 Å². The van der Waals surface area contributed by atoms with Crippen LogP contribution in [0.2, 0.25) is 0 Å².